The van der Waals surface area contributed by atoms with Gasteiger partial charge < -0.3 is 19.9 Å². The van der Waals surface area contributed by atoms with Crippen molar-refractivity contribution in [2.24, 2.45) is 5.92 Å². The molecule has 1 aromatic rings. The van der Waals surface area contributed by atoms with Crippen molar-refractivity contribution in [1.29, 1.82) is 0 Å². The van der Waals surface area contributed by atoms with Crippen LogP contribution in [0.1, 0.15) is 19.4 Å². The largest absolute Gasteiger partial charge is 0.454 e. The van der Waals surface area contributed by atoms with Gasteiger partial charge in [0.05, 0.1) is 6.61 Å². The Morgan fingerprint density at radius 3 is 2.61 bits per heavy atom. The van der Waals surface area contributed by atoms with Crippen LogP contribution in [0.25, 0.3) is 0 Å². The number of hydrogen-bond donors (Lipinski definition) is 2. The highest BCUT2D eigenvalue weighted by Crippen LogP contribution is 2.36. The van der Waals surface area contributed by atoms with Gasteiger partial charge in [0, 0.05) is 17.1 Å². The summed E-state index contributed by atoms with van der Waals surface area (Å²) in [5, 5.41) is 12.6. The summed E-state index contributed by atoms with van der Waals surface area (Å²) in [6.45, 7) is 5.27. The van der Waals surface area contributed by atoms with E-state index in [1.165, 1.54) is 0 Å². The number of rotatable bonds is 5. The van der Waals surface area contributed by atoms with Gasteiger partial charge in [0.2, 0.25) is 6.79 Å². The second kappa shape index (κ2) is 5.91. The number of hydrogen-bond acceptors (Lipinski definition) is 4. The molecule has 2 rings (SSSR count). The first-order valence-electron chi connectivity index (χ1n) is 6.04. The molecule has 2 N–H and O–H groups in total. The van der Waals surface area contributed by atoms with Gasteiger partial charge in [-0.15, -0.1) is 0 Å². The molecule has 1 aliphatic heterocycles. The normalized spacial score (nSPS) is 15.2. The number of aliphatic hydroxyl groups is 1. The van der Waals surface area contributed by atoms with E-state index in [2.05, 4.69) is 35.1 Å². The van der Waals surface area contributed by atoms with Crippen molar-refractivity contribution in [3.63, 3.8) is 0 Å². The monoisotopic (exact) mass is 315 g/mol. The van der Waals surface area contributed by atoms with E-state index in [-0.39, 0.29) is 19.4 Å². The molecule has 4 nitrogen and oxygen atoms in total. The predicted molar refractivity (Wildman–Crippen MR) is 72.8 cm³/mol. The minimum atomic E-state index is 0.0994. The molecule has 1 aromatic carbocycles. The fourth-order valence-electron chi connectivity index (χ4n) is 1.85. The second-order valence-electron chi connectivity index (χ2n) is 4.71. The molecule has 100 valence electrons. The van der Waals surface area contributed by atoms with Gasteiger partial charge in [0.1, 0.15) is 0 Å². The molecule has 0 fully saturated rings. The molecular weight excluding hydrogens is 298 g/mol. The van der Waals surface area contributed by atoms with E-state index < -0.39 is 0 Å². The van der Waals surface area contributed by atoms with Crippen molar-refractivity contribution in [3.8, 4) is 11.5 Å². The predicted octanol–water partition coefficient (Wildman–Crippen LogP) is 2.28. The van der Waals surface area contributed by atoms with Gasteiger partial charge in [-0.05, 0) is 23.6 Å². The van der Waals surface area contributed by atoms with Crippen molar-refractivity contribution in [2.45, 2.75) is 26.4 Å². The Labute approximate surface area is 115 Å². The summed E-state index contributed by atoms with van der Waals surface area (Å²) in [7, 11) is 0. The van der Waals surface area contributed by atoms with Crippen LogP contribution >= 0.6 is 15.9 Å². The van der Waals surface area contributed by atoms with Gasteiger partial charge in [-0.25, -0.2) is 0 Å². The van der Waals surface area contributed by atoms with Gasteiger partial charge in [0.15, 0.2) is 11.5 Å². The van der Waals surface area contributed by atoms with E-state index in [1.54, 1.807) is 0 Å². The molecule has 0 saturated carbocycles. The fourth-order valence-corrected chi connectivity index (χ4v) is 2.31. The lowest BCUT2D eigenvalue weighted by atomic mass is 10.0. The van der Waals surface area contributed by atoms with E-state index in [1.807, 2.05) is 12.1 Å². The molecule has 0 bridgehead atoms. The van der Waals surface area contributed by atoms with Crippen LogP contribution in [0, 0.1) is 5.92 Å². The minimum Gasteiger partial charge on any atom is -0.454 e. The van der Waals surface area contributed by atoms with Crippen molar-refractivity contribution < 1.29 is 14.6 Å². The summed E-state index contributed by atoms with van der Waals surface area (Å²) in [4.78, 5) is 0. The summed E-state index contributed by atoms with van der Waals surface area (Å²) in [5.41, 5.74) is 1.10. The van der Waals surface area contributed by atoms with E-state index in [9.17, 15) is 5.11 Å². The molecule has 1 heterocycles. The first-order chi connectivity index (χ1) is 8.61. The van der Waals surface area contributed by atoms with Crippen molar-refractivity contribution >= 4 is 15.9 Å². The molecule has 0 saturated heterocycles. The van der Waals surface area contributed by atoms with E-state index >= 15 is 0 Å². The maximum absolute atomic E-state index is 9.28. The van der Waals surface area contributed by atoms with Crippen LogP contribution in [0.15, 0.2) is 16.6 Å². The zero-order valence-corrected chi connectivity index (χ0v) is 12.2. The van der Waals surface area contributed by atoms with Crippen LogP contribution in [-0.4, -0.2) is 24.5 Å². The Morgan fingerprint density at radius 1 is 1.33 bits per heavy atom. The lowest BCUT2D eigenvalue weighted by Crippen LogP contribution is -2.36. The van der Waals surface area contributed by atoms with Gasteiger partial charge in [0.25, 0.3) is 0 Å². The Bertz CT molecular complexity index is 423. The lowest BCUT2D eigenvalue weighted by Gasteiger charge is -2.20. The molecule has 0 aromatic heterocycles. The fraction of sp³-hybridized carbons (Fsp3) is 0.538. The van der Waals surface area contributed by atoms with Crippen LogP contribution in [-0.2, 0) is 6.54 Å². The maximum atomic E-state index is 9.28. The molecule has 0 aliphatic carbocycles. The van der Waals surface area contributed by atoms with Gasteiger partial charge in [-0.3, -0.25) is 0 Å². The second-order valence-corrected chi connectivity index (χ2v) is 5.57. The number of aliphatic hydroxyl groups excluding tert-OH is 1. The number of halogens is 1. The van der Waals surface area contributed by atoms with Crippen LogP contribution in [0.5, 0.6) is 11.5 Å². The molecule has 1 atom stereocenters. The van der Waals surface area contributed by atoms with Crippen LogP contribution < -0.4 is 14.8 Å². The minimum absolute atomic E-state index is 0.0994. The van der Waals surface area contributed by atoms with Crippen molar-refractivity contribution in [1.82, 2.24) is 5.32 Å². The van der Waals surface area contributed by atoms with Crippen LogP contribution in [0.2, 0.25) is 0 Å². The smallest absolute Gasteiger partial charge is 0.231 e. The Hall–Kier alpha value is -0.780. The van der Waals surface area contributed by atoms with E-state index in [4.69, 9.17) is 9.47 Å². The van der Waals surface area contributed by atoms with Crippen LogP contribution in [0.3, 0.4) is 0 Å². The quantitative estimate of drug-likeness (QED) is 0.875. The first kappa shape index (κ1) is 13.6. The van der Waals surface area contributed by atoms with Gasteiger partial charge in [-0.1, -0.05) is 29.8 Å². The van der Waals surface area contributed by atoms with Gasteiger partial charge >= 0.3 is 0 Å². The average molecular weight is 316 g/mol. The van der Waals surface area contributed by atoms with Gasteiger partial charge in [-0.2, -0.15) is 0 Å². The number of ether oxygens (including phenoxy) is 2. The summed E-state index contributed by atoms with van der Waals surface area (Å²) in [6.07, 6.45) is 0. The van der Waals surface area contributed by atoms with Crippen LogP contribution in [0.4, 0.5) is 0 Å². The standard InChI is InChI=1S/C13H18BrNO3/c1-8(2)11(6-16)15-5-9-3-12-13(4-10(9)14)18-7-17-12/h3-4,8,11,15-16H,5-7H2,1-2H3/t11-/m1/s1. The lowest BCUT2D eigenvalue weighted by molar-refractivity contribution is 0.174. The third-order valence-corrected chi connectivity index (χ3v) is 3.84. The molecule has 5 heteroatoms. The SMILES string of the molecule is CC(C)[C@@H](CO)NCc1cc2c(cc1Br)OCO2. The Balaban J connectivity index is 2.05. The summed E-state index contributed by atoms with van der Waals surface area (Å²) in [6, 6.07) is 3.99. The summed E-state index contributed by atoms with van der Waals surface area (Å²) >= 11 is 3.52. The van der Waals surface area contributed by atoms with Crippen molar-refractivity contribution in [3.05, 3.63) is 22.2 Å². The zero-order valence-electron chi connectivity index (χ0n) is 10.6. The molecule has 0 radical (unpaired) electrons. The molecular formula is C13H18BrNO3. The Morgan fingerprint density at radius 2 is 2.00 bits per heavy atom. The summed E-state index contributed by atoms with van der Waals surface area (Å²) in [5.74, 6) is 1.94. The molecule has 0 unspecified atom stereocenters. The van der Waals surface area contributed by atoms with Crippen molar-refractivity contribution in [2.75, 3.05) is 13.4 Å². The maximum Gasteiger partial charge on any atom is 0.231 e. The van der Waals surface area contributed by atoms with E-state index in [0.29, 0.717) is 12.5 Å². The number of fused-ring (bicyclic) bond motifs is 1. The summed E-state index contributed by atoms with van der Waals surface area (Å²) < 4.78 is 11.6. The first-order valence-corrected chi connectivity index (χ1v) is 6.83. The molecule has 0 amide bonds. The third-order valence-electron chi connectivity index (χ3n) is 3.10. The average Bonchev–Trinajstić information content (AvgIpc) is 2.76. The number of benzene rings is 1. The molecule has 18 heavy (non-hydrogen) atoms. The highest BCUT2D eigenvalue weighted by molar-refractivity contribution is 9.10. The van der Waals surface area contributed by atoms with E-state index in [0.717, 1.165) is 21.5 Å². The highest BCUT2D eigenvalue weighted by Gasteiger charge is 2.17. The third kappa shape index (κ3) is 2.96. The Kier molecular flexibility index (Phi) is 4.48. The molecule has 0 spiro atoms. The zero-order chi connectivity index (χ0) is 13.1. The number of nitrogens with one attached hydrogen (secondary N) is 1. The molecule has 1 aliphatic rings. The topological polar surface area (TPSA) is 50.7 Å². The highest BCUT2D eigenvalue weighted by atomic mass is 79.9.